The molecule has 1 atom stereocenters. The van der Waals surface area contributed by atoms with Crippen LogP contribution in [-0.4, -0.2) is 24.9 Å². The van der Waals surface area contributed by atoms with Crippen LogP contribution in [0.2, 0.25) is 0 Å². The summed E-state index contributed by atoms with van der Waals surface area (Å²) in [5, 5.41) is 6.20. The Kier molecular flexibility index (Phi) is 6.98. The zero-order chi connectivity index (χ0) is 21.1. The fourth-order valence-electron chi connectivity index (χ4n) is 3.60. The van der Waals surface area contributed by atoms with Gasteiger partial charge in [0.2, 0.25) is 0 Å². The van der Waals surface area contributed by atoms with Gasteiger partial charge in [-0.3, -0.25) is 9.93 Å². The number of carbonyl (C=O) groups excluding carboxylic acids is 1. The molecule has 3 rings (SSSR count). The molecule has 4 nitrogen and oxygen atoms in total. The largest absolute Gasteiger partial charge is 0.305 e. The Morgan fingerprint density at radius 3 is 2.45 bits per heavy atom. The van der Waals surface area contributed by atoms with Crippen LogP contribution in [0, 0.1) is 5.82 Å². The lowest BCUT2D eigenvalue weighted by Crippen LogP contribution is -2.12. The van der Waals surface area contributed by atoms with Crippen LogP contribution in [0.5, 0.6) is 0 Å². The third kappa shape index (κ3) is 5.81. The van der Waals surface area contributed by atoms with Gasteiger partial charge in [0.1, 0.15) is 5.82 Å². The number of hydrogen-bond donors (Lipinski definition) is 1. The minimum atomic E-state index is -0.994. The van der Waals surface area contributed by atoms with Gasteiger partial charge in [0, 0.05) is 22.3 Å². The molecule has 1 aliphatic rings. The van der Waals surface area contributed by atoms with E-state index in [0.29, 0.717) is 5.92 Å². The van der Waals surface area contributed by atoms with E-state index in [1.165, 1.54) is 5.56 Å². The summed E-state index contributed by atoms with van der Waals surface area (Å²) in [5.74, 6) is 0.0430. The summed E-state index contributed by atoms with van der Waals surface area (Å²) < 4.78 is 18.3. The number of nitrogens with zero attached hydrogens (tertiary/aromatic N) is 2. The van der Waals surface area contributed by atoms with Crippen molar-refractivity contribution in [2.45, 2.75) is 56.4 Å². The first-order valence-electron chi connectivity index (χ1n) is 10.0. The van der Waals surface area contributed by atoms with Crippen molar-refractivity contribution < 1.29 is 9.18 Å². The lowest BCUT2D eigenvalue weighted by atomic mass is 9.89. The smallest absolute Gasteiger partial charge is 0.257 e. The first kappa shape index (κ1) is 21.8. The molecule has 0 aliphatic heterocycles. The number of benzene rings is 2. The van der Waals surface area contributed by atoms with Crippen LogP contribution in [0.3, 0.4) is 0 Å². The molecule has 0 heterocycles. The van der Waals surface area contributed by atoms with E-state index in [4.69, 9.17) is 5.14 Å². The van der Waals surface area contributed by atoms with E-state index >= 15 is 0 Å². The van der Waals surface area contributed by atoms with Gasteiger partial charge in [-0.2, -0.15) is 4.36 Å². The monoisotopic (exact) mass is 415 g/mol. The molecular formula is C23H30FN3OS. The highest BCUT2D eigenvalue weighted by molar-refractivity contribution is 7.85. The van der Waals surface area contributed by atoms with Crippen LogP contribution >= 0.6 is 0 Å². The van der Waals surface area contributed by atoms with E-state index in [-0.39, 0.29) is 24.1 Å². The van der Waals surface area contributed by atoms with Gasteiger partial charge < -0.3 is 4.90 Å². The van der Waals surface area contributed by atoms with Crippen LogP contribution in [-0.2, 0) is 28.6 Å². The highest BCUT2D eigenvalue weighted by Crippen LogP contribution is 2.43. The third-order valence-electron chi connectivity index (χ3n) is 5.11. The molecule has 0 spiro atoms. The molecule has 1 unspecified atom stereocenters. The number of amides is 1. The highest BCUT2D eigenvalue weighted by atomic mass is 32.2. The number of hydrogen-bond acceptors (Lipinski definition) is 2. The van der Waals surface area contributed by atoms with E-state index < -0.39 is 10.9 Å². The van der Waals surface area contributed by atoms with Crippen molar-refractivity contribution >= 4 is 16.8 Å². The van der Waals surface area contributed by atoms with Crippen molar-refractivity contribution in [2.75, 3.05) is 14.1 Å². The van der Waals surface area contributed by atoms with E-state index in [1.54, 1.807) is 12.1 Å². The number of carbonyl (C=O) groups is 1. The summed E-state index contributed by atoms with van der Waals surface area (Å²) in [4.78, 5) is 15.7. The molecule has 0 radical (unpaired) electrons. The molecule has 2 aromatic rings. The topological polar surface area (TPSA) is 58.7 Å². The summed E-state index contributed by atoms with van der Waals surface area (Å²) in [7, 11) is 3.05. The maximum Gasteiger partial charge on any atom is 0.257 e. The summed E-state index contributed by atoms with van der Waals surface area (Å²) in [5.41, 5.74) is 4.00. The molecule has 0 saturated heterocycles. The van der Waals surface area contributed by atoms with Crippen LogP contribution in [0.4, 0.5) is 4.39 Å². The van der Waals surface area contributed by atoms with Crippen LogP contribution in [0.25, 0.3) is 0 Å². The standard InChI is InChI=1S/C23H30FN3OS/c1-15(2)20-11-18(24)12-21(17-7-8-17)22(20)13-23(28)26-29(25)19-9-5-16(6-10-19)14-27(3)4/h5-6,9-12,15,17H,7-8,13-14H2,1-4H3,(H2,25,26,28). The summed E-state index contributed by atoms with van der Waals surface area (Å²) >= 11 is 0. The summed E-state index contributed by atoms with van der Waals surface area (Å²) in [6.07, 6.45) is 2.29. The Labute approximate surface area is 175 Å². The van der Waals surface area contributed by atoms with Crippen LogP contribution in [0.1, 0.15) is 60.8 Å². The predicted molar refractivity (Wildman–Crippen MR) is 117 cm³/mol. The molecular weight excluding hydrogens is 385 g/mol. The maximum absolute atomic E-state index is 14.1. The van der Waals surface area contributed by atoms with E-state index in [0.717, 1.165) is 41.0 Å². The second-order valence-electron chi connectivity index (χ2n) is 8.35. The van der Waals surface area contributed by atoms with Crippen molar-refractivity contribution in [1.82, 2.24) is 4.90 Å². The fourth-order valence-corrected chi connectivity index (χ4v) is 4.41. The van der Waals surface area contributed by atoms with Gasteiger partial charge in [-0.05, 0) is 85.3 Å². The van der Waals surface area contributed by atoms with Gasteiger partial charge in [-0.15, -0.1) is 0 Å². The maximum atomic E-state index is 14.1. The zero-order valence-corrected chi connectivity index (χ0v) is 18.4. The molecule has 2 N–H and O–H groups in total. The predicted octanol–water partition coefficient (Wildman–Crippen LogP) is 4.69. The van der Waals surface area contributed by atoms with Gasteiger partial charge in [0.05, 0.1) is 6.42 Å². The van der Waals surface area contributed by atoms with Crippen molar-refractivity contribution in [2.24, 2.45) is 9.50 Å². The van der Waals surface area contributed by atoms with Crippen LogP contribution < -0.4 is 5.14 Å². The fraction of sp³-hybridized carbons (Fsp3) is 0.435. The van der Waals surface area contributed by atoms with Crippen molar-refractivity contribution in [3.63, 3.8) is 0 Å². The van der Waals surface area contributed by atoms with E-state index in [9.17, 15) is 9.18 Å². The lowest BCUT2D eigenvalue weighted by Gasteiger charge is -2.17. The quantitative estimate of drug-likeness (QED) is 0.714. The Morgan fingerprint density at radius 2 is 1.90 bits per heavy atom. The minimum absolute atomic E-state index is 0.145. The Morgan fingerprint density at radius 1 is 1.24 bits per heavy atom. The molecule has 1 aliphatic carbocycles. The summed E-state index contributed by atoms with van der Waals surface area (Å²) in [6.45, 7) is 4.90. The molecule has 0 aromatic heterocycles. The average molecular weight is 416 g/mol. The first-order valence-corrected chi connectivity index (χ1v) is 11.3. The number of rotatable bonds is 7. The minimum Gasteiger partial charge on any atom is -0.305 e. The Hall–Kier alpha value is -1.89. The summed E-state index contributed by atoms with van der Waals surface area (Å²) in [6, 6.07) is 11.1. The molecule has 1 amide bonds. The van der Waals surface area contributed by atoms with Gasteiger partial charge in [0.15, 0.2) is 0 Å². The van der Waals surface area contributed by atoms with Crippen molar-refractivity contribution in [3.8, 4) is 0 Å². The second kappa shape index (κ2) is 9.28. The van der Waals surface area contributed by atoms with Gasteiger partial charge >= 0.3 is 0 Å². The van der Waals surface area contributed by atoms with Gasteiger partial charge in [-0.25, -0.2) is 4.39 Å². The third-order valence-corrected chi connectivity index (χ3v) is 6.27. The Balaban J connectivity index is 1.81. The molecule has 29 heavy (non-hydrogen) atoms. The SMILES string of the molecule is CC(C)c1cc(F)cc(C2CC2)c1CC(=O)N=S(N)c1ccc(CN(C)C)cc1. The highest BCUT2D eigenvalue weighted by Gasteiger charge is 2.29. The molecule has 156 valence electrons. The van der Waals surface area contributed by atoms with Gasteiger partial charge in [0.25, 0.3) is 5.91 Å². The lowest BCUT2D eigenvalue weighted by molar-refractivity contribution is -0.117. The number of nitrogens with two attached hydrogens (primary N) is 1. The van der Waals surface area contributed by atoms with Crippen molar-refractivity contribution in [3.05, 3.63) is 64.5 Å². The Bertz CT molecular complexity index is 895. The van der Waals surface area contributed by atoms with E-state index in [1.807, 2.05) is 52.2 Å². The number of halogens is 1. The first-order chi connectivity index (χ1) is 13.7. The van der Waals surface area contributed by atoms with Crippen LogP contribution in [0.15, 0.2) is 45.7 Å². The van der Waals surface area contributed by atoms with E-state index in [2.05, 4.69) is 9.26 Å². The molecule has 1 saturated carbocycles. The molecule has 1 fully saturated rings. The molecule has 6 heteroatoms. The zero-order valence-electron chi connectivity index (χ0n) is 17.6. The molecule has 0 bridgehead atoms. The van der Waals surface area contributed by atoms with Crippen molar-refractivity contribution in [1.29, 1.82) is 0 Å². The van der Waals surface area contributed by atoms with Gasteiger partial charge in [-0.1, -0.05) is 26.0 Å². The molecule has 2 aromatic carbocycles. The second-order valence-corrected chi connectivity index (χ2v) is 9.63. The normalized spacial score (nSPS) is 15.3. The average Bonchev–Trinajstić information content (AvgIpc) is 3.47.